The number of rotatable bonds is 3. The second-order valence-electron chi connectivity index (χ2n) is 4.72. The number of hydrogen-bond donors (Lipinski definition) is 2. The normalized spacial score (nSPS) is 24.0. The highest BCUT2D eigenvalue weighted by Gasteiger charge is 2.31. The van der Waals surface area contributed by atoms with Gasteiger partial charge in [-0.1, -0.05) is 0 Å². The lowest BCUT2D eigenvalue weighted by Crippen LogP contribution is -2.28. The number of alkyl halides is 3. The van der Waals surface area contributed by atoms with E-state index in [1.807, 2.05) is 0 Å². The Morgan fingerprint density at radius 3 is 2.16 bits per heavy atom. The zero-order chi connectivity index (χ0) is 13.9. The number of halogens is 3. The quantitative estimate of drug-likeness (QED) is 0.889. The summed E-state index contributed by atoms with van der Waals surface area (Å²) in [5.74, 6) is -0.225. The van der Waals surface area contributed by atoms with Crippen molar-refractivity contribution in [2.75, 3.05) is 5.32 Å². The first-order valence-corrected chi connectivity index (χ1v) is 6.23. The van der Waals surface area contributed by atoms with Crippen LogP contribution < -0.4 is 10.1 Å². The van der Waals surface area contributed by atoms with Gasteiger partial charge in [0.2, 0.25) is 0 Å². The van der Waals surface area contributed by atoms with E-state index in [4.69, 9.17) is 0 Å². The minimum atomic E-state index is -4.66. The van der Waals surface area contributed by atoms with E-state index in [2.05, 4.69) is 10.1 Å². The molecule has 0 unspecified atom stereocenters. The summed E-state index contributed by atoms with van der Waals surface area (Å²) in [5, 5.41) is 12.6. The fraction of sp³-hybridized carbons (Fsp3) is 0.538. The van der Waals surface area contributed by atoms with Crippen molar-refractivity contribution in [1.82, 2.24) is 0 Å². The molecule has 0 spiro atoms. The van der Waals surface area contributed by atoms with Gasteiger partial charge in [-0.2, -0.15) is 0 Å². The third-order valence-corrected chi connectivity index (χ3v) is 3.16. The van der Waals surface area contributed by atoms with Gasteiger partial charge in [-0.05, 0) is 49.9 Å². The first-order chi connectivity index (χ1) is 8.92. The second-order valence-corrected chi connectivity index (χ2v) is 4.72. The van der Waals surface area contributed by atoms with E-state index < -0.39 is 6.36 Å². The molecule has 2 rings (SSSR count). The molecule has 1 aliphatic carbocycles. The molecule has 0 bridgehead atoms. The fourth-order valence-electron chi connectivity index (χ4n) is 2.21. The predicted molar refractivity (Wildman–Crippen MR) is 65.0 cm³/mol. The Bertz CT molecular complexity index is 397. The highest BCUT2D eigenvalue weighted by atomic mass is 19.4. The molecule has 0 heterocycles. The Morgan fingerprint density at radius 2 is 1.63 bits per heavy atom. The molecule has 106 valence electrons. The van der Waals surface area contributed by atoms with E-state index in [0.717, 1.165) is 31.4 Å². The molecule has 1 aliphatic rings. The predicted octanol–water partition coefficient (Wildman–Crippen LogP) is 3.30. The molecule has 0 radical (unpaired) electrons. The number of benzene rings is 1. The van der Waals surface area contributed by atoms with Gasteiger partial charge < -0.3 is 15.2 Å². The summed E-state index contributed by atoms with van der Waals surface area (Å²) in [6, 6.07) is 5.96. The highest BCUT2D eigenvalue weighted by molar-refractivity contribution is 5.47. The molecule has 19 heavy (non-hydrogen) atoms. The van der Waals surface area contributed by atoms with Crippen LogP contribution in [0.2, 0.25) is 0 Å². The van der Waals surface area contributed by atoms with Gasteiger partial charge in [0.15, 0.2) is 0 Å². The number of nitrogens with one attached hydrogen (secondary N) is 1. The van der Waals surface area contributed by atoms with Crippen LogP contribution in [0.1, 0.15) is 25.7 Å². The van der Waals surface area contributed by atoms with Gasteiger partial charge in [-0.15, -0.1) is 13.2 Å². The van der Waals surface area contributed by atoms with E-state index in [1.165, 1.54) is 12.1 Å². The van der Waals surface area contributed by atoms with Crippen molar-refractivity contribution in [2.45, 2.75) is 44.2 Å². The fourth-order valence-corrected chi connectivity index (χ4v) is 2.21. The summed E-state index contributed by atoms with van der Waals surface area (Å²) in [7, 11) is 0. The van der Waals surface area contributed by atoms with Gasteiger partial charge in [-0.3, -0.25) is 0 Å². The van der Waals surface area contributed by atoms with E-state index in [9.17, 15) is 18.3 Å². The van der Waals surface area contributed by atoms with E-state index in [-0.39, 0.29) is 17.9 Å². The number of aliphatic hydroxyl groups is 1. The lowest BCUT2D eigenvalue weighted by Gasteiger charge is -2.27. The Kier molecular flexibility index (Phi) is 4.19. The molecule has 0 atom stereocenters. The number of hydrogen-bond acceptors (Lipinski definition) is 3. The van der Waals surface area contributed by atoms with Crippen LogP contribution >= 0.6 is 0 Å². The standard InChI is InChI=1S/C13H16F3NO2/c14-13(15,16)19-12-7-3-10(4-8-12)17-9-1-5-11(18)6-2-9/h3-4,7-9,11,17-18H,1-2,5-6H2. The maximum atomic E-state index is 12.0. The van der Waals surface area contributed by atoms with Crippen molar-refractivity contribution >= 4 is 5.69 Å². The summed E-state index contributed by atoms with van der Waals surface area (Å²) >= 11 is 0. The summed E-state index contributed by atoms with van der Waals surface area (Å²) in [6.45, 7) is 0. The van der Waals surface area contributed by atoms with Crippen LogP contribution in [0.25, 0.3) is 0 Å². The van der Waals surface area contributed by atoms with E-state index in [1.54, 1.807) is 12.1 Å². The van der Waals surface area contributed by atoms with Crippen molar-refractivity contribution in [2.24, 2.45) is 0 Å². The zero-order valence-electron chi connectivity index (χ0n) is 10.3. The Morgan fingerprint density at radius 1 is 1.05 bits per heavy atom. The minimum Gasteiger partial charge on any atom is -0.406 e. The van der Waals surface area contributed by atoms with E-state index in [0.29, 0.717) is 0 Å². The maximum Gasteiger partial charge on any atom is 0.573 e. The Balaban J connectivity index is 1.88. The molecular formula is C13H16F3NO2. The van der Waals surface area contributed by atoms with Crippen LogP contribution in [0, 0.1) is 0 Å². The molecule has 1 aromatic carbocycles. The Labute approximate surface area is 109 Å². The van der Waals surface area contributed by atoms with Crippen LogP contribution in [-0.4, -0.2) is 23.6 Å². The van der Waals surface area contributed by atoms with Gasteiger partial charge in [0.05, 0.1) is 6.10 Å². The average Bonchev–Trinajstić information content (AvgIpc) is 2.33. The molecule has 0 aromatic heterocycles. The molecule has 0 aliphatic heterocycles. The molecule has 3 nitrogen and oxygen atoms in total. The lowest BCUT2D eigenvalue weighted by atomic mass is 9.93. The van der Waals surface area contributed by atoms with Crippen LogP contribution in [0.5, 0.6) is 5.75 Å². The largest absolute Gasteiger partial charge is 0.573 e. The van der Waals surface area contributed by atoms with Crippen molar-refractivity contribution in [1.29, 1.82) is 0 Å². The molecule has 0 amide bonds. The zero-order valence-corrected chi connectivity index (χ0v) is 10.3. The molecule has 1 fully saturated rings. The number of aliphatic hydroxyl groups excluding tert-OH is 1. The average molecular weight is 275 g/mol. The minimum absolute atomic E-state index is 0.222. The van der Waals surface area contributed by atoms with Crippen LogP contribution in [0.3, 0.4) is 0 Å². The van der Waals surface area contributed by atoms with Gasteiger partial charge in [0.1, 0.15) is 5.75 Å². The topological polar surface area (TPSA) is 41.5 Å². The van der Waals surface area contributed by atoms with Crippen molar-refractivity contribution in [3.05, 3.63) is 24.3 Å². The lowest BCUT2D eigenvalue weighted by molar-refractivity contribution is -0.274. The van der Waals surface area contributed by atoms with Crippen LogP contribution in [-0.2, 0) is 0 Å². The van der Waals surface area contributed by atoms with Gasteiger partial charge in [0.25, 0.3) is 0 Å². The summed E-state index contributed by atoms with van der Waals surface area (Å²) in [4.78, 5) is 0. The van der Waals surface area contributed by atoms with Crippen molar-refractivity contribution in [3.8, 4) is 5.75 Å². The van der Waals surface area contributed by atoms with Crippen LogP contribution in [0.4, 0.5) is 18.9 Å². The first-order valence-electron chi connectivity index (χ1n) is 6.23. The third-order valence-electron chi connectivity index (χ3n) is 3.16. The molecule has 6 heteroatoms. The molecule has 1 saturated carbocycles. The summed E-state index contributed by atoms with van der Waals surface area (Å²) in [5.41, 5.74) is 0.760. The maximum absolute atomic E-state index is 12.0. The number of ether oxygens (including phenoxy) is 1. The molecule has 0 saturated heterocycles. The van der Waals surface area contributed by atoms with E-state index >= 15 is 0 Å². The molecule has 2 N–H and O–H groups in total. The summed E-state index contributed by atoms with van der Waals surface area (Å²) in [6.07, 6.45) is -1.64. The second kappa shape index (κ2) is 5.69. The first kappa shape index (κ1) is 14.0. The van der Waals surface area contributed by atoms with Crippen LogP contribution in [0.15, 0.2) is 24.3 Å². The van der Waals surface area contributed by atoms with Gasteiger partial charge in [0, 0.05) is 11.7 Å². The summed E-state index contributed by atoms with van der Waals surface area (Å²) < 4.78 is 39.8. The van der Waals surface area contributed by atoms with Crippen molar-refractivity contribution in [3.63, 3.8) is 0 Å². The smallest absolute Gasteiger partial charge is 0.406 e. The third kappa shape index (κ3) is 4.63. The number of anilines is 1. The highest BCUT2D eigenvalue weighted by Crippen LogP contribution is 2.26. The van der Waals surface area contributed by atoms with Gasteiger partial charge in [-0.25, -0.2) is 0 Å². The monoisotopic (exact) mass is 275 g/mol. The SMILES string of the molecule is OC1CCC(Nc2ccc(OC(F)(F)F)cc2)CC1. The molecular weight excluding hydrogens is 259 g/mol. The molecule has 1 aromatic rings. The van der Waals surface area contributed by atoms with Gasteiger partial charge >= 0.3 is 6.36 Å². The Hall–Kier alpha value is -1.43. The van der Waals surface area contributed by atoms with Crippen molar-refractivity contribution < 1.29 is 23.0 Å².